The highest BCUT2D eigenvalue weighted by Crippen LogP contribution is 2.30. The van der Waals surface area contributed by atoms with E-state index in [0.29, 0.717) is 23.4 Å². The van der Waals surface area contributed by atoms with E-state index in [9.17, 15) is 13.6 Å². The first-order valence-electron chi connectivity index (χ1n) is 6.09. The lowest BCUT2D eigenvalue weighted by Crippen LogP contribution is -2.24. The minimum absolute atomic E-state index is 0.0589. The van der Waals surface area contributed by atoms with Crippen molar-refractivity contribution in [2.75, 3.05) is 11.9 Å². The van der Waals surface area contributed by atoms with E-state index >= 15 is 0 Å². The summed E-state index contributed by atoms with van der Waals surface area (Å²) in [4.78, 5) is 18.9. The van der Waals surface area contributed by atoms with Gasteiger partial charge in [0.15, 0.2) is 11.6 Å². The molecule has 0 amide bonds. The minimum atomic E-state index is -1.00. The first kappa shape index (κ1) is 13.2. The molecule has 2 N–H and O–H groups in total. The van der Waals surface area contributed by atoms with Crippen LogP contribution in [0.3, 0.4) is 0 Å². The Morgan fingerprint density at radius 3 is 2.90 bits per heavy atom. The lowest BCUT2D eigenvalue weighted by Gasteiger charge is -2.17. The molecule has 1 aromatic carbocycles. The topological polar surface area (TPSA) is 57.8 Å². The minimum Gasteiger partial charge on any atom is -0.370 e. The molecule has 1 aliphatic rings. The van der Waals surface area contributed by atoms with E-state index in [1.807, 2.05) is 0 Å². The standard InChI is InChI=1S/C13H10BrF2N3O/c14-9-6(3-4-8(15)10(9)16)12-18-11-7(13(20)19-12)2-1-5-17-11/h3-4H,1-2,5H2,(H2,17,18,19,20). The third-order valence-electron chi connectivity index (χ3n) is 3.20. The zero-order valence-electron chi connectivity index (χ0n) is 10.3. The van der Waals surface area contributed by atoms with Gasteiger partial charge >= 0.3 is 0 Å². The summed E-state index contributed by atoms with van der Waals surface area (Å²) in [6, 6.07) is 2.37. The quantitative estimate of drug-likeness (QED) is 0.784. The van der Waals surface area contributed by atoms with Gasteiger partial charge in [-0.25, -0.2) is 13.8 Å². The number of anilines is 1. The number of fused-ring (bicyclic) bond motifs is 1. The van der Waals surface area contributed by atoms with Crippen LogP contribution in [0.4, 0.5) is 14.6 Å². The molecule has 0 bridgehead atoms. The fourth-order valence-electron chi connectivity index (χ4n) is 2.18. The molecule has 104 valence electrons. The third kappa shape index (κ3) is 2.11. The fourth-order valence-corrected chi connectivity index (χ4v) is 2.69. The van der Waals surface area contributed by atoms with Crippen molar-refractivity contribution >= 4 is 21.7 Å². The summed E-state index contributed by atoms with van der Waals surface area (Å²) in [5.41, 5.74) is 0.642. The molecule has 0 saturated heterocycles. The number of H-pyrrole nitrogens is 1. The van der Waals surface area contributed by atoms with Crippen LogP contribution >= 0.6 is 15.9 Å². The highest BCUT2D eigenvalue weighted by molar-refractivity contribution is 9.10. The summed E-state index contributed by atoms with van der Waals surface area (Å²) >= 11 is 2.99. The lowest BCUT2D eigenvalue weighted by atomic mass is 10.1. The largest absolute Gasteiger partial charge is 0.370 e. The van der Waals surface area contributed by atoms with Crippen LogP contribution in [-0.2, 0) is 6.42 Å². The van der Waals surface area contributed by atoms with Gasteiger partial charge in [-0.2, -0.15) is 0 Å². The highest BCUT2D eigenvalue weighted by Gasteiger charge is 2.19. The number of halogens is 3. The normalized spacial score (nSPS) is 13.8. The summed E-state index contributed by atoms with van der Waals surface area (Å²) in [5.74, 6) is -1.25. The summed E-state index contributed by atoms with van der Waals surface area (Å²) in [6.45, 7) is 0.738. The second-order valence-electron chi connectivity index (χ2n) is 4.49. The van der Waals surface area contributed by atoms with Crippen molar-refractivity contribution in [1.29, 1.82) is 0 Å². The van der Waals surface area contributed by atoms with Crippen molar-refractivity contribution in [2.45, 2.75) is 12.8 Å². The van der Waals surface area contributed by atoms with Gasteiger partial charge < -0.3 is 10.3 Å². The van der Waals surface area contributed by atoms with Gasteiger partial charge in [0.25, 0.3) is 5.56 Å². The van der Waals surface area contributed by atoms with Crippen molar-refractivity contribution in [3.05, 3.63) is 44.2 Å². The van der Waals surface area contributed by atoms with Crippen LogP contribution in [0.1, 0.15) is 12.0 Å². The lowest BCUT2D eigenvalue weighted by molar-refractivity contribution is 0.504. The van der Waals surface area contributed by atoms with Gasteiger partial charge in [0.1, 0.15) is 11.6 Å². The van der Waals surface area contributed by atoms with Crippen molar-refractivity contribution in [3.63, 3.8) is 0 Å². The van der Waals surface area contributed by atoms with Crippen LogP contribution in [0.25, 0.3) is 11.4 Å². The Morgan fingerprint density at radius 2 is 2.10 bits per heavy atom. The maximum atomic E-state index is 13.6. The number of aromatic nitrogens is 2. The van der Waals surface area contributed by atoms with E-state index in [1.165, 1.54) is 6.07 Å². The van der Waals surface area contributed by atoms with Crippen LogP contribution in [0.5, 0.6) is 0 Å². The van der Waals surface area contributed by atoms with Gasteiger partial charge in [-0.05, 0) is 40.9 Å². The Morgan fingerprint density at radius 1 is 1.30 bits per heavy atom. The number of benzene rings is 1. The molecule has 1 aliphatic heterocycles. The summed E-state index contributed by atoms with van der Waals surface area (Å²) in [7, 11) is 0. The Labute approximate surface area is 121 Å². The molecular weight excluding hydrogens is 332 g/mol. The van der Waals surface area contributed by atoms with Crippen LogP contribution < -0.4 is 10.9 Å². The molecule has 2 heterocycles. The molecular formula is C13H10BrF2N3O. The molecule has 0 fully saturated rings. The van der Waals surface area contributed by atoms with Gasteiger partial charge in [-0.15, -0.1) is 0 Å². The van der Waals surface area contributed by atoms with Crippen molar-refractivity contribution < 1.29 is 8.78 Å². The SMILES string of the molecule is O=c1[nH]c(-c2ccc(F)c(F)c2Br)nc2c1CCCN2. The van der Waals surface area contributed by atoms with Gasteiger partial charge in [-0.3, -0.25) is 4.79 Å². The predicted molar refractivity (Wildman–Crippen MR) is 74.7 cm³/mol. The Bertz CT molecular complexity index is 745. The highest BCUT2D eigenvalue weighted by atomic mass is 79.9. The molecule has 4 nitrogen and oxygen atoms in total. The average molecular weight is 342 g/mol. The average Bonchev–Trinajstić information content (AvgIpc) is 2.45. The van der Waals surface area contributed by atoms with Crippen LogP contribution in [-0.4, -0.2) is 16.5 Å². The molecule has 0 atom stereocenters. The second kappa shape index (κ2) is 4.97. The van der Waals surface area contributed by atoms with E-state index in [-0.39, 0.29) is 15.9 Å². The van der Waals surface area contributed by atoms with Crippen molar-refractivity contribution in [2.24, 2.45) is 0 Å². The van der Waals surface area contributed by atoms with Gasteiger partial charge in [-0.1, -0.05) is 0 Å². The zero-order valence-corrected chi connectivity index (χ0v) is 11.9. The molecule has 2 aromatic rings. The number of nitrogens with zero attached hydrogens (tertiary/aromatic N) is 1. The van der Waals surface area contributed by atoms with Gasteiger partial charge in [0, 0.05) is 12.1 Å². The second-order valence-corrected chi connectivity index (χ2v) is 5.29. The molecule has 20 heavy (non-hydrogen) atoms. The monoisotopic (exact) mass is 341 g/mol. The molecule has 0 saturated carbocycles. The van der Waals surface area contributed by atoms with Crippen molar-refractivity contribution in [1.82, 2.24) is 9.97 Å². The summed E-state index contributed by atoms with van der Waals surface area (Å²) in [5, 5.41) is 3.04. The summed E-state index contributed by atoms with van der Waals surface area (Å²) in [6.07, 6.45) is 1.52. The van der Waals surface area contributed by atoms with Crippen molar-refractivity contribution in [3.8, 4) is 11.4 Å². The molecule has 0 spiro atoms. The summed E-state index contributed by atoms with van der Waals surface area (Å²) < 4.78 is 26.6. The van der Waals surface area contributed by atoms with Gasteiger partial charge in [0.2, 0.25) is 0 Å². The fraction of sp³-hybridized carbons (Fsp3) is 0.231. The molecule has 7 heteroatoms. The molecule has 0 radical (unpaired) electrons. The molecule has 0 unspecified atom stereocenters. The van der Waals surface area contributed by atoms with Crippen LogP contribution in [0, 0.1) is 11.6 Å². The molecule has 1 aromatic heterocycles. The smallest absolute Gasteiger partial charge is 0.256 e. The Kier molecular flexibility index (Phi) is 3.29. The van der Waals surface area contributed by atoms with E-state index in [0.717, 1.165) is 19.0 Å². The number of hydrogen-bond donors (Lipinski definition) is 2. The predicted octanol–water partition coefficient (Wildman–Crippen LogP) is 2.84. The third-order valence-corrected chi connectivity index (χ3v) is 3.98. The number of hydrogen-bond acceptors (Lipinski definition) is 3. The van der Waals surface area contributed by atoms with Gasteiger partial charge in [0.05, 0.1) is 10.0 Å². The van der Waals surface area contributed by atoms with E-state index in [1.54, 1.807) is 0 Å². The zero-order chi connectivity index (χ0) is 14.3. The first-order chi connectivity index (χ1) is 9.58. The molecule has 0 aliphatic carbocycles. The molecule has 3 rings (SSSR count). The van der Waals surface area contributed by atoms with E-state index < -0.39 is 11.6 Å². The van der Waals surface area contributed by atoms with E-state index in [4.69, 9.17) is 0 Å². The van der Waals surface area contributed by atoms with Crippen LogP contribution in [0.15, 0.2) is 21.4 Å². The number of aromatic amines is 1. The van der Waals surface area contributed by atoms with Crippen LogP contribution in [0.2, 0.25) is 0 Å². The Hall–Kier alpha value is -1.76. The number of nitrogens with one attached hydrogen (secondary N) is 2. The first-order valence-corrected chi connectivity index (χ1v) is 6.88. The number of rotatable bonds is 1. The Balaban J connectivity index is 2.19. The maximum Gasteiger partial charge on any atom is 0.256 e. The maximum absolute atomic E-state index is 13.6. The van der Waals surface area contributed by atoms with E-state index in [2.05, 4.69) is 31.2 Å².